The van der Waals surface area contributed by atoms with Crippen LogP contribution >= 0.6 is 0 Å². The quantitative estimate of drug-likeness (QED) is 0.706. The number of ether oxygens (including phenoxy) is 2. The maximum atomic E-state index is 12.6. The van der Waals surface area contributed by atoms with Gasteiger partial charge in [0.2, 0.25) is 5.91 Å². The minimum Gasteiger partial charge on any atom is -0.378 e. The van der Waals surface area contributed by atoms with Crippen LogP contribution in [-0.2, 0) is 14.3 Å². The summed E-state index contributed by atoms with van der Waals surface area (Å²) in [6.07, 6.45) is 9.95. The molecule has 4 aliphatic carbocycles. The van der Waals surface area contributed by atoms with Gasteiger partial charge in [0.25, 0.3) is 0 Å². The Morgan fingerprint density at radius 1 is 1.13 bits per heavy atom. The maximum absolute atomic E-state index is 12.6. The van der Waals surface area contributed by atoms with E-state index in [2.05, 4.69) is 4.90 Å². The predicted octanol–water partition coefficient (Wildman–Crippen LogP) is 2.86. The van der Waals surface area contributed by atoms with Crippen molar-refractivity contribution in [3.8, 4) is 0 Å². The van der Waals surface area contributed by atoms with Crippen LogP contribution in [0.15, 0.2) is 0 Å². The van der Waals surface area contributed by atoms with E-state index in [9.17, 15) is 4.79 Å². The van der Waals surface area contributed by atoms with Crippen molar-refractivity contribution in [1.82, 2.24) is 4.90 Å². The van der Waals surface area contributed by atoms with Crippen LogP contribution in [0.2, 0.25) is 0 Å². The highest BCUT2D eigenvalue weighted by atomic mass is 16.5. The molecular weight excluding hydrogens is 290 g/mol. The summed E-state index contributed by atoms with van der Waals surface area (Å²) in [4.78, 5) is 14.7. The van der Waals surface area contributed by atoms with Gasteiger partial charge in [0.1, 0.15) is 0 Å². The van der Waals surface area contributed by atoms with E-state index in [1.165, 1.54) is 32.1 Å². The van der Waals surface area contributed by atoms with E-state index in [-0.39, 0.29) is 12.0 Å². The summed E-state index contributed by atoms with van der Waals surface area (Å²) in [5.74, 6) is 3.75. The SMILES string of the molecule is CN(C(=O)CCOCC1CCCO1)C1C2CC3CC(C2)CC1C3. The largest absolute Gasteiger partial charge is 0.378 e. The third-order valence-corrected chi connectivity index (χ3v) is 6.81. The van der Waals surface area contributed by atoms with Gasteiger partial charge in [-0.25, -0.2) is 0 Å². The van der Waals surface area contributed by atoms with Gasteiger partial charge in [0.05, 0.1) is 25.7 Å². The van der Waals surface area contributed by atoms with E-state index in [0.717, 1.165) is 43.1 Å². The van der Waals surface area contributed by atoms with E-state index in [1.807, 2.05) is 7.05 Å². The molecule has 130 valence electrons. The van der Waals surface area contributed by atoms with Crippen molar-refractivity contribution in [2.24, 2.45) is 23.7 Å². The van der Waals surface area contributed by atoms with Gasteiger partial charge in [-0.1, -0.05) is 0 Å². The Morgan fingerprint density at radius 3 is 2.43 bits per heavy atom. The molecule has 5 aliphatic rings. The van der Waals surface area contributed by atoms with Crippen LogP contribution in [0.1, 0.15) is 51.4 Å². The first-order chi connectivity index (χ1) is 11.2. The highest BCUT2D eigenvalue weighted by Gasteiger charge is 2.50. The molecule has 1 saturated heterocycles. The molecule has 23 heavy (non-hydrogen) atoms. The Labute approximate surface area is 139 Å². The zero-order valence-corrected chi connectivity index (χ0v) is 14.4. The van der Waals surface area contributed by atoms with Gasteiger partial charge < -0.3 is 14.4 Å². The van der Waals surface area contributed by atoms with Crippen molar-refractivity contribution in [2.45, 2.75) is 63.5 Å². The van der Waals surface area contributed by atoms with E-state index in [1.54, 1.807) is 0 Å². The van der Waals surface area contributed by atoms with Crippen LogP contribution in [-0.4, -0.2) is 49.8 Å². The number of rotatable bonds is 6. The second-order valence-electron chi connectivity index (χ2n) is 8.39. The second-order valence-corrected chi connectivity index (χ2v) is 8.39. The average Bonchev–Trinajstić information content (AvgIpc) is 3.03. The molecule has 4 bridgehead atoms. The van der Waals surface area contributed by atoms with E-state index in [4.69, 9.17) is 9.47 Å². The summed E-state index contributed by atoms with van der Waals surface area (Å²) in [6.45, 7) is 2.05. The van der Waals surface area contributed by atoms with Crippen molar-refractivity contribution >= 4 is 5.91 Å². The zero-order valence-electron chi connectivity index (χ0n) is 14.4. The van der Waals surface area contributed by atoms with Crippen molar-refractivity contribution in [3.63, 3.8) is 0 Å². The fraction of sp³-hybridized carbons (Fsp3) is 0.947. The molecule has 1 heterocycles. The van der Waals surface area contributed by atoms with Crippen LogP contribution in [0.25, 0.3) is 0 Å². The zero-order chi connectivity index (χ0) is 15.8. The van der Waals surface area contributed by atoms with Crippen molar-refractivity contribution in [3.05, 3.63) is 0 Å². The third-order valence-electron chi connectivity index (χ3n) is 6.81. The number of hydrogen-bond donors (Lipinski definition) is 0. The topological polar surface area (TPSA) is 38.8 Å². The number of hydrogen-bond acceptors (Lipinski definition) is 3. The fourth-order valence-electron chi connectivity index (χ4n) is 6.02. The lowest BCUT2D eigenvalue weighted by Crippen LogP contribution is -2.56. The molecule has 4 heteroatoms. The molecule has 1 amide bonds. The lowest BCUT2D eigenvalue weighted by atomic mass is 9.54. The van der Waals surface area contributed by atoms with Crippen LogP contribution in [0.5, 0.6) is 0 Å². The number of carbonyl (C=O) groups excluding carboxylic acids is 1. The summed E-state index contributed by atoms with van der Waals surface area (Å²) in [5, 5.41) is 0. The Bertz CT molecular complexity index is 404. The fourth-order valence-corrected chi connectivity index (χ4v) is 6.02. The van der Waals surface area contributed by atoms with Gasteiger partial charge in [-0.15, -0.1) is 0 Å². The number of amides is 1. The van der Waals surface area contributed by atoms with Crippen LogP contribution in [0.4, 0.5) is 0 Å². The van der Waals surface area contributed by atoms with Crippen molar-refractivity contribution in [1.29, 1.82) is 0 Å². The molecule has 5 fully saturated rings. The highest BCUT2D eigenvalue weighted by Crippen LogP contribution is 2.54. The first-order valence-corrected chi connectivity index (χ1v) is 9.65. The smallest absolute Gasteiger partial charge is 0.224 e. The molecule has 0 aromatic rings. The number of carbonyl (C=O) groups is 1. The van der Waals surface area contributed by atoms with Gasteiger partial charge in [0, 0.05) is 19.7 Å². The molecule has 5 rings (SSSR count). The molecule has 1 unspecified atom stereocenters. The molecule has 1 atom stereocenters. The van der Waals surface area contributed by atoms with Gasteiger partial charge in [0.15, 0.2) is 0 Å². The van der Waals surface area contributed by atoms with Gasteiger partial charge >= 0.3 is 0 Å². The van der Waals surface area contributed by atoms with Gasteiger partial charge in [-0.3, -0.25) is 4.79 Å². The molecule has 4 nitrogen and oxygen atoms in total. The van der Waals surface area contributed by atoms with Crippen LogP contribution in [0.3, 0.4) is 0 Å². The molecule has 0 N–H and O–H groups in total. The Kier molecular flexibility index (Phi) is 4.64. The lowest BCUT2D eigenvalue weighted by Gasteiger charge is -2.56. The van der Waals surface area contributed by atoms with E-state index in [0.29, 0.717) is 25.7 Å². The molecule has 4 saturated carbocycles. The summed E-state index contributed by atoms with van der Waals surface area (Å²) in [6, 6.07) is 0.508. The lowest BCUT2D eigenvalue weighted by molar-refractivity contribution is -0.142. The molecule has 1 aliphatic heterocycles. The molecule has 0 aromatic carbocycles. The summed E-state index contributed by atoms with van der Waals surface area (Å²) < 4.78 is 11.2. The third kappa shape index (κ3) is 3.30. The minimum absolute atomic E-state index is 0.257. The standard InChI is InChI=1S/C19H31NO3/c1-20(18(21)4-6-22-12-17-3-2-5-23-17)19-15-8-13-7-14(10-15)11-16(19)9-13/h13-17,19H,2-12H2,1H3. The predicted molar refractivity (Wildman–Crippen MR) is 88.0 cm³/mol. The normalized spacial score (nSPS) is 41.4. The van der Waals surface area contributed by atoms with E-state index >= 15 is 0 Å². The monoisotopic (exact) mass is 321 g/mol. The van der Waals surface area contributed by atoms with E-state index < -0.39 is 0 Å². The van der Waals surface area contributed by atoms with Crippen LogP contribution < -0.4 is 0 Å². The van der Waals surface area contributed by atoms with Gasteiger partial charge in [-0.2, -0.15) is 0 Å². The van der Waals surface area contributed by atoms with Gasteiger partial charge in [-0.05, 0) is 68.6 Å². The molecular formula is C19H31NO3. The Balaban J connectivity index is 1.23. The highest BCUT2D eigenvalue weighted by molar-refractivity contribution is 5.76. The number of nitrogens with zero attached hydrogens (tertiary/aromatic N) is 1. The van der Waals surface area contributed by atoms with Crippen molar-refractivity contribution < 1.29 is 14.3 Å². The minimum atomic E-state index is 0.257. The summed E-state index contributed by atoms with van der Waals surface area (Å²) in [5.41, 5.74) is 0. The first kappa shape index (κ1) is 15.9. The van der Waals surface area contributed by atoms with Crippen LogP contribution in [0, 0.1) is 23.7 Å². The van der Waals surface area contributed by atoms with Crippen molar-refractivity contribution in [2.75, 3.05) is 26.9 Å². The maximum Gasteiger partial charge on any atom is 0.224 e. The average molecular weight is 321 g/mol. The molecule has 0 radical (unpaired) electrons. The summed E-state index contributed by atoms with van der Waals surface area (Å²) in [7, 11) is 2.04. The molecule has 0 spiro atoms. The molecule has 0 aromatic heterocycles. The Hall–Kier alpha value is -0.610. The second kappa shape index (κ2) is 6.72. The summed E-state index contributed by atoms with van der Waals surface area (Å²) >= 11 is 0. The Morgan fingerprint density at radius 2 is 1.83 bits per heavy atom. The first-order valence-electron chi connectivity index (χ1n) is 9.65.